The molecule has 0 bridgehead atoms. The van der Waals surface area contributed by atoms with Crippen molar-refractivity contribution < 1.29 is 23.8 Å². The Morgan fingerprint density at radius 1 is 0.735 bits per heavy atom. The zero-order valence-electron chi connectivity index (χ0n) is 19.5. The van der Waals surface area contributed by atoms with E-state index in [9.17, 15) is 9.59 Å². The minimum Gasteiger partial charge on any atom is -0.497 e. The van der Waals surface area contributed by atoms with Gasteiger partial charge in [-0.1, -0.05) is 42.0 Å². The molecule has 7 nitrogen and oxygen atoms in total. The topological polar surface area (TPSA) is 77.1 Å². The highest BCUT2D eigenvalue weighted by molar-refractivity contribution is 6.36. The van der Waals surface area contributed by atoms with Gasteiger partial charge in [0.05, 0.1) is 33.4 Å². The summed E-state index contributed by atoms with van der Waals surface area (Å²) in [6, 6.07) is 20.0. The molecule has 0 saturated heterocycles. The van der Waals surface area contributed by atoms with Gasteiger partial charge in [0, 0.05) is 23.9 Å². The number of hydrogen-bond acceptors (Lipinski definition) is 6. The number of hydrogen-bond donors (Lipinski definition) is 1. The van der Waals surface area contributed by atoms with E-state index in [2.05, 4.69) is 5.32 Å². The largest absolute Gasteiger partial charge is 0.497 e. The number of rotatable bonds is 8. The third-order valence-corrected chi connectivity index (χ3v) is 5.63. The van der Waals surface area contributed by atoms with Gasteiger partial charge in [-0.2, -0.15) is 0 Å². The predicted molar refractivity (Wildman–Crippen MR) is 130 cm³/mol. The molecule has 7 heteroatoms. The molecule has 1 aliphatic rings. The number of ether oxygens (including phenoxy) is 3. The monoisotopic (exact) mass is 458 g/mol. The maximum Gasteiger partial charge on any atom is 0.278 e. The lowest BCUT2D eigenvalue weighted by Gasteiger charge is -2.16. The molecule has 1 heterocycles. The summed E-state index contributed by atoms with van der Waals surface area (Å²) in [7, 11) is 4.69. The summed E-state index contributed by atoms with van der Waals surface area (Å²) < 4.78 is 15.9. The summed E-state index contributed by atoms with van der Waals surface area (Å²) >= 11 is 0. The van der Waals surface area contributed by atoms with E-state index in [1.54, 1.807) is 51.7 Å². The fraction of sp³-hybridized carbons (Fsp3) is 0.185. The Kier molecular flexibility index (Phi) is 6.54. The van der Waals surface area contributed by atoms with Gasteiger partial charge >= 0.3 is 0 Å². The van der Waals surface area contributed by atoms with Gasteiger partial charge in [0.15, 0.2) is 0 Å². The number of imide groups is 1. The molecule has 4 rings (SSSR count). The normalized spacial score (nSPS) is 13.4. The van der Waals surface area contributed by atoms with Crippen molar-refractivity contribution in [1.29, 1.82) is 0 Å². The molecule has 0 radical (unpaired) electrons. The molecule has 174 valence electrons. The predicted octanol–water partition coefficient (Wildman–Crippen LogP) is 4.41. The van der Waals surface area contributed by atoms with E-state index in [0.29, 0.717) is 34.1 Å². The Balaban J connectivity index is 1.73. The third kappa shape index (κ3) is 4.59. The number of nitrogens with one attached hydrogen (secondary N) is 1. The molecule has 0 fully saturated rings. The smallest absolute Gasteiger partial charge is 0.278 e. The molecule has 0 spiro atoms. The highest BCUT2D eigenvalue weighted by atomic mass is 16.5. The number of benzene rings is 3. The quantitative estimate of drug-likeness (QED) is 0.504. The Morgan fingerprint density at radius 3 is 1.88 bits per heavy atom. The third-order valence-electron chi connectivity index (χ3n) is 5.63. The van der Waals surface area contributed by atoms with E-state index in [-0.39, 0.29) is 18.1 Å². The fourth-order valence-electron chi connectivity index (χ4n) is 3.76. The molecular formula is C27H26N2O5. The first-order chi connectivity index (χ1) is 16.4. The Morgan fingerprint density at radius 2 is 1.32 bits per heavy atom. The SMILES string of the molecule is COc1ccc(CN2C(=O)C(Nc3cc(OC)cc(OC)c3)=C(c3ccc(C)cc3)C2=O)cc1. The number of amides is 2. The second-order valence-electron chi connectivity index (χ2n) is 7.89. The van der Waals surface area contributed by atoms with E-state index in [1.807, 2.05) is 43.3 Å². The molecule has 3 aromatic rings. The van der Waals surface area contributed by atoms with Crippen LogP contribution in [0.2, 0.25) is 0 Å². The Labute approximate surface area is 198 Å². The summed E-state index contributed by atoms with van der Waals surface area (Å²) in [4.78, 5) is 28.3. The number of anilines is 1. The highest BCUT2D eigenvalue weighted by Gasteiger charge is 2.39. The van der Waals surface area contributed by atoms with Gasteiger partial charge in [0.25, 0.3) is 11.8 Å². The van der Waals surface area contributed by atoms with Crippen molar-refractivity contribution in [2.24, 2.45) is 0 Å². The number of carbonyl (C=O) groups excluding carboxylic acids is 2. The summed E-state index contributed by atoms with van der Waals surface area (Å²) in [5, 5.41) is 3.16. The lowest BCUT2D eigenvalue weighted by molar-refractivity contribution is -0.137. The van der Waals surface area contributed by atoms with Crippen LogP contribution in [0.1, 0.15) is 16.7 Å². The van der Waals surface area contributed by atoms with Crippen LogP contribution < -0.4 is 19.5 Å². The first-order valence-electron chi connectivity index (χ1n) is 10.7. The lowest BCUT2D eigenvalue weighted by atomic mass is 10.0. The number of aryl methyl sites for hydroxylation is 1. The number of nitrogens with zero attached hydrogens (tertiary/aromatic N) is 1. The fourth-order valence-corrected chi connectivity index (χ4v) is 3.76. The minimum atomic E-state index is -0.404. The molecular weight excluding hydrogens is 432 g/mol. The molecule has 0 saturated carbocycles. The van der Waals surface area contributed by atoms with Crippen molar-refractivity contribution in [2.45, 2.75) is 13.5 Å². The van der Waals surface area contributed by atoms with E-state index in [1.165, 1.54) is 4.90 Å². The summed E-state index contributed by atoms with van der Waals surface area (Å²) in [6.07, 6.45) is 0. The van der Waals surface area contributed by atoms with Crippen LogP contribution in [0.3, 0.4) is 0 Å². The van der Waals surface area contributed by atoms with Crippen LogP contribution in [0.25, 0.3) is 5.57 Å². The maximum atomic E-state index is 13.5. The van der Waals surface area contributed by atoms with Crippen LogP contribution in [-0.2, 0) is 16.1 Å². The van der Waals surface area contributed by atoms with Crippen molar-refractivity contribution >= 4 is 23.1 Å². The second-order valence-corrected chi connectivity index (χ2v) is 7.89. The maximum absolute atomic E-state index is 13.5. The minimum absolute atomic E-state index is 0.142. The van der Waals surface area contributed by atoms with Gasteiger partial charge < -0.3 is 19.5 Å². The summed E-state index contributed by atoms with van der Waals surface area (Å²) in [6.45, 7) is 2.11. The Bertz CT molecular complexity index is 1220. The van der Waals surface area contributed by atoms with Gasteiger partial charge in [0.2, 0.25) is 0 Å². The van der Waals surface area contributed by atoms with Crippen LogP contribution in [0, 0.1) is 6.92 Å². The van der Waals surface area contributed by atoms with Crippen molar-refractivity contribution in [3.05, 3.63) is 89.1 Å². The van der Waals surface area contributed by atoms with Gasteiger partial charge in [0.1, 0.15) is 22.9 Å². The molecule has 1 N–H and O–H groups in total. The molecule has 3 aromatic carbocycles. The van der Waals surface area contributed by atoms with Crippen molar-refractivity contribution in [3.63, 3.8) is 0 Å². The number of carbonyl (C=O) groups is 2. The van der Waals surface area contributed by atoms with Gasteiger partial charge in [-0.3, -0.25) is 14.5 Å². The van der Waals surface area contributed by atoms with E-state index in [0.717, 1.165) is 11.1 Å². The number of methoxy groups -OCH3 is 3. The van der Waals surface area contributed by atoms with Gasteiger partial charge in [-0.15, -0.1) is 0 Å². The molecule has 0 atom stereocenters. The zero-order valence-corrected chi connectivity index (χ0v) is 19.5. The van der Waals surface area contributed by atoms with E-state index >= 15 is 0 Å². The van der Waals surface area contributed by atoms with Crippen molar-refractivity contribution in [1.82, 2.24) is 4.90 Å². The summed E-state index contributed by atoms with van der Waals surface area (Å²) in [5.74, 6) is 1.06. The van der Waals surface area contributed by atoms with Crippen LogP contribution in [-0.4, -0.2) is 38.0 Å². The highest BCUT2D eigenvalue weighted by Crippen LogP contribution is 2.34. The van der Waals surface area contributed by atoms with Crippen LogP contribution in [0.15, 0.2) is 72.4 Å². The molecule has 34 heavy (non-hydrogen) atoms. The Hall–Kier alpha value is -4.26. The van der Waals surface area contributed by atoms with E-state index in [4.69, 9.17) is 14.2 Å². The van der Waals surface area contributed by atoms with Crippen molar-refractivity contribution in [2.75, 3.05) is 26.6 Å². The van der Waals surface area contributed by atoms with Gasteiger partial charge in [-0.05, 0) is 30.2 Å². The molecule has 0 unspecified atom stereocenters. The molecule has 2 amide bonds. The van der Waals surface area contributed by atoms with Crippen LogP contribution >= 0.6 is 0 Å². The van der Waals surface area contributed by atoms with Crippen molar-refractivity contribution in [3.8, 4) is 17.2 Å². The van der Waals surface area contributed by atoms with Gasteiger partial charge in [-0.25, -0.2) is 0 Å². The zero-order chi connectivity index (χ0) is 24.2. The molecule has 0 aromatic heterocycles. The standard InChI is InChI=1S/C27H26N2O5/c1-17-5-9-19(10-6-17)24-25(28-20-13-22(33-3)15-23(14-20)34-4)27(31)29(26(24)30)16-18-7-11-21(32-2)12-8-18/h5-15,28H,16H2,1-4H3. The van der Waals surface area contributed by atoms with Crippen LogP contribution in [0.5, 0.6) is 17.2 Å². The average molecular weight is 459 g/mol. The first kappa shape index (κ1) is 22.9. The second kappa shape index (κ2) is 9.70. The average Bonchev–Trinajstić information content (AvgIpc) is 3.08. The first-order valence-corrected chi connectivity index (χ1v) is 10.7. The molecule has 0 aliphatic carbocycles. The summed E-state index contributed by atoms with van der Waals surface area (Å²) in [5.41, 5.74) is 3.64. The van der Waals surface area contributed by atoms with Crippen LogP contribution in [0.4, 0.5) is 5.69 Å². The van der Waals surface area contributed by atoms with E-state index < -0.39 is 5.91 Å². The molecule has 1 aliphatic heterocycles. The lowest BCUT2D eigenvalue weighted by Crippen LogP contribution is -2.32.